The number of benzene rings is 2. The molecular formula is C24H23N5O6. The molecule has 2 aromatic carbocycles. The average Bonchev–Trinajstić information content (AvgIpc) is 2.89. The molecular weight excluding hydrogens is 454 g/mol. The van der Waals surface area contributed by atoms with E-state index in [0.29, 0.717) is 29.9 Å². The summed E-state index contributed by atoms with van der Waals surface area (Å²) in [6.07, 6.45) is -0.113. The number of nitro benzene ring substituents is 1. The highest BCUT2D eigenvalue weighted by Crippen LogP contribution is 2.47. The highest BCUT2D eigenvalue weighted by atomic mass is 16.6. The van der Waals surface area contributed by atoms with Crippen LogP contribution < -0.4 is 4.90 Å². The zero-order valence-corrected chi connectivity index (χ0v) is 19.2. The molecule has 3 aliphatic rings. The number of hydrogen-bond donors (Lipinski definition) is 0. The predicted molar refractivity (Wildman–Crippen MR) is 124 cm³/mol. The van der Waals surface area contributed by atoms with Crippen LogP contribution in [0.2, 0.25) is 0 Å². The van der Waals surface area contributed by atoms with Gasteiger partial charge in [0, 0.05) is 63.5 Å². The second kappa shape index (κ2) is 7.90. The van der Waals surface area contributed by atoms with Crippen LogP contribution in [0.5, 0.6) is 0 Å². The number of nitro groups is 1. The molecule has 3 aliphatic heterocycles. The first kappa shape index (κ1) is 22.5. The molecule has 35 heavy (non-hydrogen) atoms. The van der Waals surface area contributed by atoms with Crippen molar-refractivity contribution in [3.05, 3.63) is 69.8 Å². The van der Waals surface area contributed by atoms with Crippen LogP contribution in [0.1, 0.15) is 15.9 Å². The Kier molecular flexibility index (Phi) is 5.08. The third kappa shape index (κ3) is 3.18. The van der Waals surface area contributed by atoms with Crippen molar-refractivity contribution in [2.24, 2.45) is 5.41 Å². The number of hydrogen-bond acceptors (Lipinski definition) is 7. The number of urea groups is 1. The molecule has 0 N–H and O–H groups in total. The quantitative estimate of drug-likeness (QED) is 0.365. The Balaban J connectivity index is 1.63. The fourth-order valence-electron chi connectivity index (χ4n) is 5.49. The van der Waals surface area contributed by atoms with Gasteiger partial charge in [0.1, 0.15) is 0 Å². The number of imide groups is 2. The van der Waals surface area contributed by atoms with E-state index in [1.165, 1.54) is 26.2 Å². The summed E-state index contributed by atoms with van der Waals surface area (Å²) >= 11 is 0. The minimum Gasteiger partial charge on any atom is -0.363 e. The lowest BCUT2D eigenvalue weighted by Gasteiger charge is -2.56. The van der Waals surface area contributed by atoms with Crippen molar-refractivity contribution in [3.63, 3.8) is 0 Å². The van der Waals surface area contributed by atoms with Gasteiger partial charge in [-0.05, 0) is 23.8 Å². The van der Waals surface area contributed by atoms with Crippen LogP contribution in [0.4, 0.5) is 16.2 Å². The number of amides is 5. The van der Waals surface area contributed by atoms with E-state index >= 15 is 0 Å². The molecule has 1 spiro atoms. The van der Waals surface area contributed by atoms with E-state index in [1.54, 1.807) is 35.2 Å². The Morgan fingerprint density at radius 1 is 1.00 bits per heavy atom. The summed E-state index contributed by atoms with van der Waals surface area (Å²) in [6, 6.07) is 11.6. The molecule has 0 radical (unpaired) electrons. The Morgan fingerprint density at radius 2 is 1.66 bits per heavy atom. The number of fused-ring (bicyclic) bond motifs is 4. The van der Waals surface area contributed by atoms with Crippen LogP contribution in [-0.2, 0) is 16.0 Å². The van der Waals surface area contributed by atoms with Crippen LogP contribution >= 0.6 is 0 Å². The topological polar surface area (TPSA) is 124 Å². The largest absolute Gasteiger partial charge is 0.363 e. The Morgan fingerprint density at radius 3 is 2.29 bits per heavy atom. The first-order chi connectivity index (χ1) is 16.7. The molecule has 0 aromatic heterocycles. The van der Waals surface area contributed by atoms with E-state index in [0.717, 1.165) is 9.80 Å². The molecule has 0 bridgehead atoms. The summed E-state index contributed by atoms with van der Waals surface area (Å²) in [7, 11) is 2.64. The number of anilines is 1. The van der Waals surface area contributed by atoms with Crippen molar-refractivity contribution in [1.82, 2.24) is 14.7 Å². The maximum Gasteiger partial charge on any atom is 0.332 e. The smallest absolute Gasteiger partial charge is 0.332 e. The SMILES string of the molecule is CN1C(=O)N(C)C(=O)C2(Cc3cc([N+](=O)[O-])ccc3N3CCN(C(=O)c4ccccc4)C[C@H]32)C1=O. The maximum absolute atomic E-state index is 13.7. The van der Waals surface area contributed by atoms with Crippen molar-refractivity contribution >= 4 is 35.1 Å². The fraction of sp³-hybridized carbons (Fsp3) is 0.333. The molecule has 0 aliphatic carbocycles. The number of carbonyl (C=O) groups excluding carboxylic acids is 4. The lowest BCUT2D eigenvalue weighted by Crippen LogP contribution is -2.75. The normalized spacial score (nSPS) is 21.2. The summed E-state index contributed by atoms with van der Waals surface area (Å²) in [6.45, 7) is 0.735. The van der Waals surface area contributed by atoms with Gasteiger partial charge in [0.05, 0.1) is 11.0 Å². The number of rotatable bonds is 2. The highest BCUT2D eigenvalue weighted by Gasteiger charge is 2.64. The molecule has 11 nitrogen and oxygen atoms in total. The monoisotopic (exact) mass is 477 g/mol. The van der Waals surface area contributed by atoms with Gasteiger partial charge in [-0.2, -0.15) is 0 Å². The van der Waals surface area contributed by atoms with Gasteiger partial charge in [-0.1, -0.05) is 18.2 Å². The molecule has 5 rings (SSSR count). The zero-order valence-electron chi connectivity index (χ0n) is 19.2. The number of nitrogens with zero attached hydrogens (tertiary/aromatic N) is 5. The predicted octanol–water partition coefficient (Wildman–Crippen LogP) is 1.52. The molecule has 2 fully saturated rings. The van der Waals surface area contributed by atoms with E-state index in [9.17, 15) is 29.3 Å². The Hall–Kier alpha value is -4.28. The minimum absolute atomic E-state index is 0.0809. The summed E-state index contributed by atoms with van der Waals surface area (Å²) < 4.78 is 0. The van der Waals surface area contributed by atoms with Gasteiger partial charge in [0.25, 0.3) is 11.6 Å². The molecule has 2 saturated heterocycles. The van der Waals surface area contributed by atoms with Crippen molar-refractivity contribution in [3.8, 4) is 0 Å². The second-order valence-electron chi connectivity index (χ2n) is 9.06. The highest BCUT2D eigenvalue weighted by molar-refractivity contribution is 6.20. The van der Waals surface area contributed by atoms with Crippen molar-refractivity contribution in [2.45, 2.75) is 12.5 Å². The third-order valence-electron chi connectivity index (χ3n) is 7.26. The first-order valence-corrected chi connectivity index (χ1v) is 11.2. The maximum atomic E-state index is 13.7. The summed E-state index contributed by atoms with van der Waals surface area (Å²) in [5.74, 6) is -1.57. The lowest BCUT2D eigenvalue weighted by atomic mass is 9.67. The first-order valence-electron chi connectivity index (χ1n) is 11.2. The van der Waals surface area contributed by atoms with Gasteiger partial charge in [0.2, 0.25) is 11.8 Å². The van der Waals surface area contributed by atoms with Gasteiger partial charge in [0.15, 0.2) is 5.41 Å². The summed E-state index contributed by atoms with van der Waals surface area (Å²) in [4.78, 5) is 69.4. The third-order valence-corrected chi connectivity index (χ3v) is 7.26. The van der Waals surface area contributed by atoms with Crippen molar-refractivity contribution in [2.75, 3.05) is 38.6 Å². The number of barbiturate groups is 1. The number of carbonyl (C=O) groups is 4. The summed E-state index contributed by atoms with van der Waals surface area (Å²) in [5, 5.41) is 11.4. The number of non-ortho nitro benzene ring substituents is 1. The summed E-state index contributed by atoms with van der Waals surface area (Å²) in [5.41, 5.74) is -0.205. The molecule has 2 aromatic rings. The second-order valence-corrected chi connectivity index (χ2v) is 9.06. The number of piperazine rings is 1. The molecule has 0 saturated carbocycles. The Labute approximate surface area is 200 Å². The zero-order chi connectivity index (χ0) is 25.1. The van der Waals surface area contributed by atoms with Gasteiger partial charge in [-0.25, -0.2) is 4.79 Å². The van der Waals surface area contributed by atoms with E-state index < -0.39 is 34.2 Å². The van der Waals surface area contributed by atoms with E-state index in [-0.39, 0.29) is 24.6 Å². The lowest BCUT2D eigenvalue weighted by molar-refractivity contribution is -0.384. The van der Waals surface area contributed by atoms with Crippen molar-refractivity contribution < 1.29 is 24.1 Å². The van der Waals surface area contributed by atoms with Crippen LogP contribution in [0.15, 0.2) is 48.5 Å². The average molecular weight is 477 g/mol. The van der Waals surface area contributed by atoms with Crippen molar-refractivity contribution in [1.29, 1.82) is 0 Å². The molecule has 0 unspecified atom stereocenters. The minimum atomic E-state index is -1.71. The molecule has 1 atom stereocenters. The van der Waals surface area contributed by atoms with Gasteiger partial charge in [-0.3, -0.25) is 34.3 Å². The fourth-order valence-corrected chi connectivity index (χ4v) is 5.49. The molecule has 3 heterocycles. The van der Waals surface area contributed by atoms with E-state index in [4.69, 9.17) is 0 Å². The van der Waals surface area contributed by atoms with Crippen LogP contribution in [-0.4, -0.2) is 83.1 Å². The van der Waals surface area contributed by atoms with Crippen LogP contribution in [0, 0.1) is 15.5 Å². The van der Waals surface area contributed by atoms with Crippen LogP contribution in [0.3, 0.4) is 0 Å². The van der Waals surface area contributed by atoms with E-state index in [1.807, 2.05) is 11.0 Å². The van der Waals surface area contributed by atoms with Gasteiger partial charge in [-0.15, -0.1) is 0 Å². The Bertz CT molecular complexity index is 1250. The van der Waals surface area contributed by atoms with Gasteiger partial charge >= 0.3 is 6.03 Å². The molecule has 180 valence electrons. The van der Waals surface area contributed by atoms with Crippen LogP contribution in [0.25, 0.3) is 0 Å². The standard InChI is InChI=1S/C24H23N5O6/c1-25-21(31)24(22(32)26(2)23(25)33)13-16-12-17(29(34)35)8-9-18(16)28-11-10-27(14-19(24)28)20(30)15-6-4-3-5-7-15/h3-9,12,19H,10-11,13-14H2,1-2H3/t19-/m0/s1. The molecule has 5 amide bonds. The van der Waals surface area contributed by atoms with Gasteiger partial charge < -0.3 is 9.80 Å². The van der Waals surface area contributed by atoms with E-state index in [2.05, 4.69) is 0 Å². The molecule has 11 heteroatoms.